The van der Waals surface area contributed by atoms with E-state index in [2.05, 4.69) is 25.2 Å². The fraction of sp³-hybridized carbons (Fsp3) is 0.538. The zero-order valence-electron chi connectivity index (χ0n) is 20.2. The molecule has 2 unspecified atom stereocenters. The van der Waals surface area contributed by atoms with Gasteiger partial charge < -0.3 is 25.0 Å². The summed E-state index contributed by atoms with van der Waals surface area (Å²) in [4.78, 5) is 28.8. The number of hydrogen-bond donors (Lipinski definition) is 3. The molecule has 3 aromatic rings. The van der Waals surface area contributed by atoms with Gasteiger partial charge in [-0.2, -0.15) is 9.97 Å². The predicted molar refractivity (Wildman–Crippen MR) is 136 cm³/mol. The average Bonchev–Trinajstić information content (AvgIpc) is 3.82. The van der Waals surface area contributed by atoms with Crippen molar-refractivity contribution >= 4 is 34.5 Å². The fourth-order valence-corrected chi connectivity index (χ4v) is 5.92. The Bertz CT molecular complexity index is 1250. The van der Waals surface area contributed by atoms with Crippen LogP contribution in [-0.2, 0) is 0 Å². The van der Waals surface area contributed by atoms with E-state index in [1.54, 1.807) is 18.5 Å². The van der Waals surface area contributed by atoms with Crippen molar-refractivity contribution < 1.29 is 15.0 Å². The van der Waals surface area contributed by atoms with E-state index in [1.165, 1.54) is 0 Å². The zero-order chi connectivity index (χ0) is 25.0. The van der Waals surface area contributed by atoms with E-state index in [-0.39, 0.29) is 35.9 Å². The number of carbonyl (C=O) groups excluding carboxylic acids is 1. The van der Waals surface area contributed by atoms with Crippen molar-refractivity contribution in [1.82, 2.24) is 24.8 Å². The summed E-state index contributed by atoms with van der Waals surface area (Å²) in [5.74, 6) is 1.50. The first-order valence-electron chi connectivity index (χ1n) is 12.8. The summed E-state index contributed by atoms with van der Waals surface area (Å²) in [6, 6.07) is 9.05. The maximum atomic E-state index is 12.9. The van der Waals surface area contributed by atoms with Crippen LogP contribution in [0.4, 0.5) is 5.82 Å². The molecule has 9 nitrogen and oxygen atoms in total. The molecule has 3 saturated carbocycles. The molecule has 0 spiro atoms. The van der Waals surface area contributed by atoms with Crippen molar-refractivity contribution in [2.75, 3.05) is 11.6 Å². The molecule has 0 saturated heterocycles. The lowest BCUT2D eigenvalue weighted by molar-refractivity contribution is 0.00964. The van der Waals surface area contributed by atoms with Gasteiger partial charge in [0, 0.05) is 11.6 Å². The average molecular weight is 511 g/mol. The fourth-order valence-electron chi connectivity index (χ4n) is 5.76. The maximum Gasteiger partial charge on any atom is 0.252 e. The molecular formula is C26H31ClN6O3. The number of carbonyl (C=O) groups is 1. The van der Waals surface area contributed by atoms with Gasteiger partial charge in [-0.1, -0.05) is 25.1 Å². The summed E-state index contributed by atoms with van der Waals surface area (Å²) >= 11 is 6.46. The van der Waals surface area contributed by atoms with Crippen LogP contribution in [0, 0.1) is 17.8 Å². The van der Waals surface area contributed by atoms with E-state index in [9.17, 15) is 15.0 Å². The molecular weight excluding hydrogens is 480 g/mol. The lowest BCUT2D eigenvalue weighted by Crippen LogP contribution is -2.46. The summed E-state index contributed by atoms with van der Waals surface area (Å²) < 4.78 is 1.81. The second kappa shape index (κ2) is 9.28. The van der Waals surface area contributed by atoms with E-state index in [1.807, 2.05) is 29.7 Å². The molecule has 10 heteroatoms. The van der Waals surface area contributed by atoms with Crippen molar-refractivity contribution in [2.45, 2.75) is 63.3 Å². The first-order chi connectivity index (χ1) is 17.4. The van der Waals surface area contributed by atoms with Crippen LogP contribution in [0.15, 0.2) is 36.7 Å². The van der Waals surface area contributed by atoms with E-state index in [4.69, 9.17) is 11.6 Å². The Balaban J connectivity index is 1.38. The van der Waals surface area contributed by atoms with Gasteiger partial charge in [0.1, 0.15) is 6.10 Å². The highest BCUT2D eigenvalue weighted by Gasteiger charge is 2.46. The summed E-state index contributed by atoms with van der Waals surface area (Å²) in [6.45, 7) is 2.20. The third-order valence-corrected chi connectivity index (χ3v) is 8.13. The Labute approximate surface area is 214 Å². The van der Waals surface area contributed by atoms with Crippen LogP contribution in [0.5, 0.6) is 0 Å². The van der Waals surface area contributed by atoms with Crippen LogP contribution < -0.4 is 10.2 Å². The topological polar surface area (TPSA) is 116 Å². The Morgan fingerprint density at radius 1 is 1.14 bits per heavy atom. The van der Waals surface area contributed by atoms with Gasteiger partial charge in [0.25, 0.3) is 5.91 Å². The lowest BCUT2D eigenvalue weighted by Gasteiger charge is -2.33. The minimum Gasteiger partial charge on any atom is -0.390 e. The van der Waals surface area contributed by atoms with Crippen LogP contribution in [0.1, 0.15) is 55.4 Å². The Kier molecular flexibility index (Phi) is 6.09. The number of anilines is 1. The molecule has 3 aliphatic rings. The normalized spacial score (nSPS) is 26.0. The molecule has 4 atom stereocenters. The molecule has 0 radical (unpaired) electrons. The van der Waals surface area contributed by atoms with Gasteiger partial charge in [-0.05, 0) is 73.6 Å². The SMILES string of the molecule is CC1C[C@@H](n2cnc3c(N(CNC(=O)c4ccccc4)C(C4CC4)C4CC4)nc(Cl)nc32)[C@@H](O)C1O. The van der Waals surface area contributed by atoms with Crippen molar-refractivity contribution in [3.05, 3.63) is 47.5 Å². The molecule has 36 heavy (non-hydrogen) atoms. The second-order valence-corrected chi connectivity index (χ2v) is 10.9. The zero-order valence-corrected chi connectivity index (χ0v) is 20.9. The standard InChI is InChI=1S/C26H31ClN6O3/c1-14-11-18(22(35)21(14)34)32-12-28-19-23(32)30-26(27)31-24(19)33(20(15-7-8-15)16-9-10-16)13-29-25(36)17-5-3-2-4-6-17/h2-6,12,14-16,18,20-22,34-35H,7-11,13H2,1H3,(H,29,36)/t14?,18-,21?,22-/m1/s1. The molecule has 190 valence electrons. The van der Waals surface area contributed by atoms with Crippen molar-refractivity contribution in [1.29, 1.82) is 0 Å². The largest absolute Gasteiger partial charge is 0.390 e. The highest BCUT2D eigenvalue weighted by Crippen LogP contribution is 2.48. The van der Waals surface area contributed by atoms with E-state index < -0.39 is 12.2 Å². The van der Waals surface area contributed by atoms with E-state index >= 15 is 0 Å². The van der Waals surface area contributed by atoms with Crippen molar-refractivity contribution in [2.24, 2.45) is 17.8 Å². The number of imidazole rings is 1. The first kappa shape index (κ1) is 23.6. The van der Waals surface area contributed by atoms with Crippen LogP contribution >= 0.6 is 11.6 Å². The Morgan fingerprint density at radius 2 is 1.83 bits per heavy atom. The van der Waals surface area contributed by atoms with Crippen molar-refractivity contribution in [3.8, 4) is 0 Å². The van der Waals surface area contributed by atoms with E-state index in [0.717, 1.165) is 25.7 Å². The van der Waals surface area contributed by atoms with Gasteiger partial charge in [-0.3, -0.25) is 4.79 Å². The summed E-state index contributed by atoms with van der Waals surface area (Å²) in [6.07, 6.45) is 5.17. The van der Waals surface area contributed by atoms with Crippen molar-refractivity contribution in [3.63, 3.8) is 0 Å². The Hall–Kier alpha value is -2.75. The highest BCUT2D eigenvalue weighted by molar-refractivity contribution is 6.28. The van der Waals surface area contributed by atoms with Gasteiger partial charge in [-0.15, -0.1) is 0 Å². The number of amides is 1. The number of nitrogens with one attached hydrogen (secondary N) is 1. The number of aliphatic hydroxyl groups is 2. The molecule has 0 aliphatic heterocycles. The van der Waals surface area contributed by atoms with Crippen LogP contribution in [0.2, 0.25) is 5.28 Å². The number of aliphatic hydroxyl groups excluding tert-OH is 2. The number of rotatable bonds is 8. The molecule has 3 N–H and O–H groups in total. The van der Waals surface area contributed by atoms with Gasteiger partial charge in [0.05, 0.1) is 25.1 Å². The number of hydrogen-bond acceptors (Lipinski definition) is 7. The molecule has 3 aliphatic carbocycles. The predicted octanol–water partition coefficient (Wildman–Crippen LogP) is 3.16. The van der Waals surface area contributed by atoms with Crippen LogP contribution in [-0.4, -0.2) is 60.6 Å². The minimum atomic E-state index is -0.915. The summed E-state index contributed by atoms with van der Waals surface area (Å²) in [5, 5.41) is 24.2. The molecule has 0 bridgehead atoms. The highest BCUT2D eigenvalue weighted by atomic mass is 35.5. The smallest absolute Gasteiger partial charge is 0.252 e. The summed E-state index contributed by atoms with van der Waals surface area (Å²) in [5.41, 5.74) is 1.71. The minimum absolute atomic E-state index is 0.0435. The van der Waals surface area contributed by atoms with Crippen LogP contribution in [0.3, 0.4) is 0 Å². The molecule has 3 fully saturated rings. The first-order valence-corrected chi connectivity index (χ1v) is 13.2. The molecule has 1 amide bonds. The molecule has 2 heterocycles. The van der Waals surface area contributed by atoms with Crippen LogP contribution in [0.25, 0.3) is 11.2 Å². The van der Waals surface area contributed by atoms with E-state index in [0.29, 0.717) is 40.8 Å². The molecule has 1 aromatic carbocycles. The third kappa shape index (κ3) is 4.33. The number of fused-ring (bicyclic) bond motifs is 1. The number of halogens is 1. The monoisotopic (exact) mass is 510 g/mol. The lowest BCUT2D eigenvalue weighted by atomic mass is 10.1. The van der Waals surface area contributed by atoms with Gasteiger partial charge in [0.15, 0.2) is 17.0 Å². The number of aromatic nitrogens is 4. The number of benzene rings is 1. The van der Waals surface area contributed by atoms with Gasteiger partial charge in [-0.25, -0.2) is 4.98 Å². The molecule has 2 aromatic heterocycles. The van der Waals surface area contributed by atoms with Gasteiger partial charge in [0.2, 0.25) is 5.28 Å². The molecule has 6 rings (SSSR count). The maximum absolute atomic E-state index is 12.9. The Morgan fingerprint density at radius 3 is 2.44 bits per heavy atom. The second-order valence-electron chi connectivity index (χ2n) is 10.6. The quantitative estimate of drug-likeness (QED) is 0.315. The third-order valence-electron chi connectivity index (χ3n) is 7.96. The van der Waals surface area contributed by atoms with Gasteiger partial charge >= 0.3 is 0 Å². The number of nitrogens with zero attached hydrogens (tertiary/aromatic N) is 5. The summed E-state index contributed by atoms with van der Waals surface area (Å²) in [7, 11) is 0.